The number of carbonyl (C=O) groups is 1. The standard InChI is InChI=1S/C7H7OS/c1-2-6(8)7-4-3-5-9-7/h2-5H,1H3. The number of Topliss-reactive ketones (excluding diaryl/α,β-unsaturated/α-hetero) is 1. The van der Waals surface area contributed by atoms with Crippen molar-refractivity contribution in [1.29, 1.82) is 0 Å². The summed E-state index contributed by atoms with van der Waals surface area (Å²) in [4.78, 5) is 11.6. The molecule has 0 saturated carbocycles. The van der Waals surface area contributed by atoms with Gasteiger partial charge >= 0.3 is 0 Å². The van der Waals surface area contributed by atoms with Crippen molar-refractivity contribution >= 4 is 17.1 Å². The maximum atomic E-state index is 10.8. The Labute approximate surface area is 58.3 Å². The number of rotatable bonds is 2. The minimum absolute atomic E-state index is 0.116. The highest BCUT2D eigenvalue weighted by Crippen LogP contribution is 2.09. The minimum atomic E-state index is 0.116. The Hall–Kier alpha value is -0.630. The molecule has 0 aromatic carbocycles. The van der Waals surface area contributed by atoms with Gasteiger partial charge in [-0.1, -0.05) is 13.0 Å². The molecule has 0 atom stereocenters. The first kappa shape index (κ1) is 6.49. The Morgan fingerprint density at radius 2 is 2.56 bits per heavy atom. The molecule has 47 valence electrons. The Morgan fingerprint density at radius 1 is 1.78 bits per heavy atom. The topological polar surface area (TPSA) is 17.1 Å². The quantitative estimate of drug-likeness (QED) is 0.574. The average molecular weight is 139 g/mol. The predicted octanol–water partition coefficient (Wildman–Crippen LogP) is 2.15. The summed E-state index contributed by atoms with van der Waals surface area (Å²) >= 11 is 1.47. The summed E-state index contributed by atoms with van der Waals surface area (Å²) in [6.45, 7) is 1.75. The molecule has 1 radical (unpaired) electrons. The Balaban J connectivity index is 2.77. The molecule has 0 aliphatic rings. The highest BCUT2D eigenvalue weighted by Gasteiger charge is 2.01. The van der Waals surface area contributed by atoms with Gasteiger partial charge in [0.1, 0.15) is 0 Å². The van der Waals surface area contributed by atoms with Crippen molar-refractivity contribution in [3.05, 3.63) is 28.8 Å². The molecule has 0 amide bonds. The Kier molecular flexibility index (Phi) is 2.01. The normalized spacial score (nSPS) is 9.44. The molecular formula is C7H7OS. The van der Waals surface area contributed by atoms with Gasteiger partial charge in [0.25, 0.3) is 0 Å². The fourth-order valence-corrected chi connectivity index (χ4v) is 1.26. The van der Waals surface area contributed by atoms with E-state index in [9.17, 15) is 4.79 Å². The Bertz CT molecular complexity index is 189. The molecule has 1 aromatic rings. The highest BCUT2D eigenvalue weighted by molar-refractivity contribution is 7.12. The van der Waals surface area contributed by atoms with Crippen LogP contribution in [0.1, 0.15) is 16.6 Å². The van der Waals surface area contributed by atoms with Crippen LogP contribution in [0.2, 0.25) is 0 Å². The molecule has 0 aliphatic carbocycles. The van der Waals surface area contributed by atoms with Crippen molar-refractivity contribution in [3.8, 4) is 0 Å². The lowest BCUT2D eigenvalue weighted by Gasteiger charge is -1.85. The monoisotopic (exact) mass is 139 g/mol. The summed E-state index contributed by atoms with van der Waals surface area (Å²) in [5.74, 6) is 0.116. The van der Waals surface area contributed by atoms with Crippen LogP contribution in [-0.4, -0.2) is 5.78 Å². The van der Waals surface area contributed by atoms with Gasteiger partial charge in [0.15, 0.2) is 5.78 Å². The molecule has 0 N–H and O–H groups in total. The SMILES string of the molecule is C[CH]C(=O)c1cccs1. The molecule has 0 spiro atoms. The van der Waals surface area contributed by atoms with Crippen molar-refractivity contribution in [1.82, 2.24) is 0 Å². The highest BCUT2D eigenvalue weighted by atomic mass is 32.1. The predicted molar refractivity (Wildman–Crippen MR) is 38.6 cm³/mol. The van der Waals surface area contributed by atoms with E-state index in [4.69, 9.17) is 0 Å². The molecule has 0 unspecified atom stereocenters. The minimum Gasteiger partial charge on any atom is -0.293 e. The van der Waals surface area contributed by atoms with E-state index in [1.807, 2.05) is 17.5 Å². The lowest BCUT2D eigenvalue weighted by Crippen LogP contribution is -1.91. The first-order valence-corrected chi connectivity index (χ1v) is 3.59. The molecule has 1 heterocycles. The van der Waals surface area contributed by atoms with Gasteiger partial charge in [0.2, 0.25) is 0 Å². The molecule has 0 saturated heterocycles. The zero-order valence-electron chi connectivity index (χ0n) is 5.13. The van der Waals surface area contributed by atoms with Crippen molar-refractivity contribution in [3.63, 3.8) is 0 Å². The van der Waals surface area contributed by atoms with Gasteiger partial charge in [-0.25, -0.2) is 0 Å². The van der Waals surface area contributed by atoms with Gasteiger partial charge in [-0.3, -0.25) is 4.79 Å². The fourth-order valence-electron chi connectivity index (χ4n) is 0.561. The molecule has 0 bridgehead atoms. The van der Waals surface area contributed by atoms with Gasteiger partial charge in [-0.15, -0.1) is 11.3 Å². The van der Waals surface area contributed by atoms with Crippen molar-refractivity contribution in [2.75, 3.05) is 0 Å². The van der Waals surface area contributed by atoms with E-state index in [-0.39, 0.29) is 5.78 Å². The first-order chi connectivity index (χ1) is 4.34. The zero-order chi connectivity index (χ0) is 6.69. The van der Waals surface area contributed by atoms with Crippen LogP contribution in [0.3, 0.4) is 0 Å². The van der Waals surface area contributed by atoms with Crippen molar-refractivity contribution in [2.45, 2.75) is 6.92 Å². The second kappa shape index (κ2) is 2.78. The van der Waals surface area contributed by atoms with E-state index < -0.39 is 0 Å². The van der Waals surface area contributed by atoms with Gasteiger partial charge in [-0.05, 0) is 11.4 Å². The van der Waals surface area contributed by atoms with E-state index in [1.165, 1.54) is 11.3 Å². The van der Waals surface area contributed by atoms with E-state index in [2.05, 4.69) is 0 Å². The summed E-state index contributed by atoms with van der Waals surface area (Å²) in [6, 6.07) is 3.70. The van der Waals surface area contributed by atoms with Crippen LogP contribution in [0.15, 0.2) is 17.5 Å². The fraction of sp³-hybridized carbons (Fsp3) is 0.143. The van der Waals surface area contributed by atoms with Crippen LogP contribution in [0, 0.1) is 6.42 Å². The summed E-state index contributed by atoms with van der Waals surface area (Å²) < 4.78 is 0. The summed E-state index contributed by atoms with van der Waals surface area (Å²) in [7, 11) is 0. The molecular weight excluding hydrogens is 132 g/mol. The van der Waals surface area contributed by atoms with E-state index in [1.54, 1.807) is 13.3 Å². The average Bonchev–Trinajstić information content (AvgIpc) is 2.37. The molecule has 1 nitrogen and oxygen atoms in total. The maximum Gasteiger partial charge on any atom is 0.176 e. The largest absolute Gasteiger partial charge is 0.293 e. The molecule has 9 heavy (non-hydrogen) atoms. The number of carbonyl (C=O) groups excluding carboxylic acids is 1. The van der Waals surface area contributed by atoms with Crippen LogP contribution < -0.4 is 0 Å². The van der Waals surface area contributed by atoms with Crippen LogP contribution in [0.25, 0.3) is 0 Å². The maximum absolute atomic E-state index is 10.8. The molecule has 0 fully saturated rings. The Morgan fingerprint density at radius 3 is 3.00 bits per heavy atom. The molecule has 0 aliphatic heterocycles. The van der Waals surface area contributed by atoms with Crippen LogP contribution in [-0.2, 0) is 0 Å². The zero-order valence-corrected chi connectivity index (χ0v) is 5.94. The van der Waals surface area contributed by atoms with Crippen molar-refractivity contribution < 1.29 is 4.79 Å². The van der Waals surface area contributed by atoms with Gasteiger partial charge in [0, 0.05) is 6.42 Å². The second-order valence-corrected chi connectivity index (χ2v) is 2.58. The lowest BCUT2D eigenvalue weighted by molar-refractivity contribution is 0.103. The summed E-state index contributed by atoms with van der Waals surface area (Å²) in [6.07, 6.45) is 1.58. The summed E-state index contributed by atoms with van der Waals surface area (Å²) in [5, 5.41) is 1.90. The number of ketones is 1. The second-order valence-electron chi connectivity index (χ2n) is 1.63. The molecule has 1 rings (SSSR count). The number of hydrogen-bond acceptors (Lipinski definition) is 2. The third kappa shape index (κ3) is 1.39. The third-order valence-corrected chi connectivity index (χ3v) is 1.91. The summed E-state index contributed by atoms with van der Waals surface area (Å²) in [5.41, 5.74) is 0. The smallest absolute Gasteiger partial charge is 0.176 e. The van der Waals surface area contributed by atoms with Crippen LogP contribution >= 0.6 is 11.3 Å². The first-order valence-electron chi connectivity index (χ1n) is 2.72. The van der Waals surface area contributed by atoms with E-state index in [0.29, 0.717) is 0 Å². The van der Waals surface area contributed by atoms with Crippen molar-refractivity contribution in [2.24, 2.45) is 0 Å². The lowest BCUT2D eigenvalue weighted by atomic mass is 10.3. The number of thiophene rings is 1. The molecule has 1 aromatic heterocycles. The van der Waals surface area contributed by atoms with Gasteiger partial charge in [0.05, 0.1) is 4.88 Å². The molecule has 2 heteroatoms. The van der Waals surface area contributed by atoms with E-state index >= 15 is 0 Å². The number of hydrogen-bond donors (Lipinski definition) is 0. The van der Waals surface area contributed by atoms with Crippen LogP contribution in [0.5, 0.6) is 0 Å². The van der Waals surface area contributed by atoms with Gasteiger partial charge in [-0.2, -0.15) is 0 Å². The van der Waals surface area contributed by atoms with E-state index in [0.717, 1.165) is 4.88 Å². The van der Waals surface area contributed by atoms with Gasteiger partial charge < -0.3 is 0 Å². The third-order valence-electron chi connectivity index (χ3n) is 1.03. The van der Waals surface area contributed by atoms with Crippen LogP contribution in [0.4, 0.5) is 0 Å².